The van der Waals surface area contributed by atoms with E-state index in [0.717, 1.165) is 11.3 Å². The van der Waals surface area contributed by atoms with Crippen molar-refractivity contribution in [1.82, 2.24) is 0 Å². The maximum absolute atomic E-state index is 14.0. The van der Waals surface area contributed by atoms with Gasteiger partial charge in [-0.3, -0.25) is 4.57 Å². The number of hydrogen-bond donors (Lipinski definition) is 1. The van der Waals surface area contributed by atoms with Crippen molar-refractivity contribution in [3.63, 3.8) is 0 Å². The summed E-state index contributed by atoms with van der Waals surface area (Å²) in [5.41, 5.74) is 1.85. The summed E-state index contributed by atoms with van der Waals surface area (Å²) in [6, 6.07) is 29.1. The molecule has 3 aromatic rings. The van der Waals surface area contributed by atoms with E-state index in [0.29, 0.717) is 11.9 Å². The molecule has 3 rings (SSSR count). The van der Waals surface area contributed by atoms with Crippen LogP contribution in [0.15, 0.2) is 91.0 Å². The van der Waals surface area contributed by atoms with Crippen LogP contribution >= 0.6 is 7.37 Å². The number of benzene rings is 3. The zero-order valence-electron chi connectivity index (χ0n) is 14.2. The van der Waals surface area contributed by atoms with Gasteiger partial charge >= 0.3 is 0 Å². The third kappa shape index (κ3) is 4.01. The second-order valence-electron chi connectivity index (χ2n) is 5.67. The lowest BCUT2D eigenvalue weighted by atomic mass is 10.2. The predicted molar refractivity (Wildman–Crippen MR) is 105 cm³/mol. The van der Waals surface area contributed by atoms with Crippen LogP contribution in [0.3, 0.4) is 0 Å². The molecule has 25 heavy (non-hydrogen) atoms. The molecular formula is C21H22NO2P. The van der Waals surface area contributed by atoms with Crippen LogP contribution < -0.4 is 10.6 Å². The molecule has 0 aliphatic rings. The standard InChI is InChI=1S/C21H22NO2P/c1-2-24-25(23,20-16-10-5-11-17-20)21(18-12-6-3-7-13-18)22-19-14-8-4-9-15-19/h3-17,21-22H,2H2,1H3/t21-,25-/m0/s1. The fourth-order valence-corrected chi connectivity index (χ4v) is 5.27. The molecule has 0 aromatic heterocycles. The molecule has 1 N–H and O–H groups in total. The average molecular weight is 351 g/mol. The maximum atomic E-state index is 14.0. The smallest absolute Gasteiger partial charge is 0.258 e. The molecule has 0 fully saturated rings. The molecule has 0 amide bonds. The van der Waals surface area contributed by atoms with E-state index in [9.17, 15) is 4.57 Å². The Hall–Kier alpha value is -2.35. The fourth-order valence-electron chi connectivity index (χ4n) is 2.82. The molecule has 0 radical (unpaired) electrons. The van der Waals surface area contributed by atoms with Crippen molar-refractivity contribution in [2.75, 3.05) is 11.9 Å². The van der Waals surface area contributed by atoms with Gasteiger partial charge in [-0.05, 0) is 36.8 Å². The van der Waals surface area contributed by atoms with Gasteiger partial charge in [0.2, 0.25) is 0 Å². The van der Waals surface area contributed by atoms with Gasteiger partial charge in [0, 0.05) is 11.0 Å². The van der Waals surface area contributed by atoms with Crippen LogP contribution in [-0.4, -0.2) is 6.61 Å². The Morgan fingerprint density at radius 3 is 1.92 bits per heavy atom. The van der Waals surface area contributed by atoms with Crippen molar-refractivity contribution in [2.45, 2.75) is 12.7 Å². The molecule has 0 saturated heterocycles. The van der Waals surface area contributed by atoms with E-state index < -0.39 is 13.2 Å². The minimum absolute atomic E-state index is 0.381. The quantitative estimate of drug-likeness (QED) is 0.576. The highest BCUT2D eigenvalue weighted by Crippen LogP contribution is 2.58. The second-order valence-corrected chi connectivity index (χ2v) is 8.16. The van der Waals surface area contributed by atoms with E-state index in [4.69, 9.17) is 4.52 Å². The van der Waals surface area contributed by atoms with Crippen molar-refractivity contribution >= 4 is 18.4 Å². The third-order valence-electron chi connectivity index (χ3n) is 3.97. The van der Waals surface area contributed by atoms with Gasteiger partial charge in [0.25, 0.3) is 7.37 Å². The van der Waals surface area contributed by atoms with E-state index in [-0.39, 0.29) is 0 Å². The number of hydrogen-bond acceptors (Lipinski definition) is 3. The van der Waals surface area contributed by atoms with Crippen molar-refractivity contribution in [3.05, 3.63) is 96.6 Å². The van der Waals surface area contributed by atoms with Gasteiger partial charge in [-0.25, -0.2) is 0 Å². The highest BCUT2D eigenvalue weighted by atomic mass is 31.2. The summed E-state index contributed by atoms with van der Waals surface area (Å²) < 4.78 is 19.9. The zero-order chi connectivity index (χ0) is 17.5. The van der Waals surface area contributed by atoms with Crippen molar-refractivity contribution < 1.29 is 9.09 Å². The normalized spacial score (nSPS) is 14.4. The molecule has 0 saturated carbocycles. The molecule has 0 spiro atoms. The number of para-hydroxylation sites is 1. The van der Waals surface area contributed by atoms with E-state index in [1.165, 1.54) is 0 Å². The first-order chi connectivity index (χ1) is 12.2. The van der Waals surface area contributed by atoms with E-state index >= 15 is 0 Å². The molecule has 0 heterocycles. The summed E-state index contributed by atoms with van der Waals surface area (Å²) >= 11 is 0. The third-order valence-corrected chi connectivity index (χ3v) is 6.74. The van der Waals surface area contributed by atoms with E-state index in [1.54, 1.807) is 0 Å². The maximum Gasteiger partial charge on any atom is 0.258 e. The molecule has 0 bridgehead atoms. The lowest BCUT2D eigenvalue weighted by Gasteiger charge is -2.29. The molecule has 0 aliphatic carbocycles. The first-order valence-electron chi connectivity index (χ1n) is 8.40. The summed E-state index contributed by atoms with van der Waals surface area (Å²) in [6.07, 6.45) is 0. The Morgan fingerprint density at radius 1 is 0.840 bits per heavy atom. The second kappa shape index (κ2) is 8.15. The lowest BCUT2D eigenvalue weighted by molar-refractivity contribution is 0.335. The van der Waals surface area contributed by atoms with Gasteiger partial charge < -0.3 is 9.84 Å². The van der Waals surface area contributed by atoms with Gasteiger partial charge in [-0.15, -0.1) is 0 Å². The van der Waals surface area contributed by atoms with Gasteiger partial charge in [0.15, 0.2) is 0 Å². The summed E-state index contributed by atoms with van der Waals surface area (Å²) in [5, 5.41) is 4.15. The van der Waals surface area contributed by atoms with Crippen LogP contribution in [0.25, 0.3) is 0 Å². The Morgan fingerprint density at radius 2 is 1.36 bits per heavy atom. The molecule has 128 valence electrons. The van der Waals surface area contributed by atoms with E-state index in [1.807, 2.05) is 97.9 Å². The highest BCUT2D eigenvalue weighted by Gasteiger charge is 2.37. The van der Waals surface area contributed by atoms with Crippen LogP contribution in [0.1, 0.15) is 18.3 Å². The summed E-state index contributed by atoms with van der Waals surface area (Å²) in [7, 11) is -3.18. The average Bonchev–Trinajstić information content (AvgIpc) is 2.68. The van der Waals surface area contributed by atoms with Crippen LogP contribution in [0.5, 0.6) is 0 Å². The lowest BCUT2D eigenvalue weighted by Crippen LogP contribution is -2.20. The van der Waals surface area contributed by atoms with E-state index in [2.05, 4.69) is 5.32 Å². The minimum atomic E-state index is -3.18. The highest BCUT2D eigenvalue weighted by molar-refractivity contribution is 7.67. The van der Waals surface area contributed by atoms with Crippen LogP contribution in [0.2, 0.25) is 0 Å². The Bertz CT molecular complexity index is 822. The zero-order valence-corrected chi connectivity index (χ0v) is 15.1. The Labute approximate surface area is 149 Å². The summed E-state index contributed by atoms with van der Waals surface area (Å²) in [5.74, 6) is -0.460. The summed E-state index contributed by atoms with van der Waals surface area (Å²) in [6.45, 7) is 2.26. The Balaban J connectivity index is 2.09. The molecule has 3 aromatic carbocycles. The van der Waals surface area contributed by atoms with Gasteiger partial charge in [-0.1, -0.05) is 66.7 Å². The monoisotopic (exact) mass is 351 g/mol. The van der Waals surface area contributed by atoms with Gasteiger partial charge in [0.05, 0.1) is 6.61 Å². The molecule has 3 nitrogen and oxygen atoms in total. The van der Waals surface area contributed by atoms with Crippen LogP contribution in [-0.2, 0) is 9.09 Å². The van der Waals surface area contributed by atoms with Crippen LogP contribution in [0.4, 0.5) is 5.69 Å². The van der Waals surface area contributed by atoms with Crippen LogP contribution in [0, 0.1) is 0 Å². The first kappa shape index (κ1) is 17.5. The fraction of sp³-hybridized carbons (Fsp3) is 0.143. The molecule has 0 unspecified atom stereocenters. The molecule has 4 heteroatoms. The molecule has 0 aliphatic heterocycles. The first-order valence-corrected chi connectivity index (χ1v) is 10.1. The topological polar surface area (TPSA) is 38.3 Å². The predicted octanol–water partition coefficient (Wildman–Crippen LogP) is 5.44. The van der Waals surface area contributed by atoms with Gasteiger partial charge in [-0.2, -0.15) is 0 Å². The largest absolute Gasteiger partial charge is 0.370 e. The summed E-state index contributed by atoms with van der Waals surface area (Å²) in [4.78, 5) is 0. The van der Waals surface area contributed by atoms with Crippen molar-refractivity contribution in [1.29, 1.82) is 0 Å². The number of nitrogens with one attached hydrogen (secondary N) is 1. The number of rotatable bonds is 7. The van der Waals surface area contributed by atoms with Gasteiger partial charge in [0.1, 0.15) is 5.78 Å². The van der Waals surface area contributed by atoms with Crippen molar-refractivity contribution in [3.8, 4) is 0 Å². The molecular weight excluding hydrogens is 329 g/mol. The molecule has 2 atom stereocenters. The minimum Gasteiger partial charge on any atom is -0.370 e. The number of anilines is 1. The SMILES string of the molecule is CCO[P@@](=O)(c1ccccc1)[C@H](Nc1ccccc1)c1ccccc1. The Kier molecular flexibility index (Phi) is 5.70. The van der Waals surface area contributed by atoms with Crippen molar-refractivity contribution in [2.24, 2.45) is 0 Å².